The SMILES string of the molecule is Cc1cn([C@H]2C[C@H](O)[C@@H](COP(=O)(O)OP(=O)(O)O[C@@H]3C[C@@H](O)[C@H](N)[C@@H](C)O3)O2)c(=O)[nH]c1=O. The molecular formula is C16H27N3O13P2. The third-order valence-corrected chi connectivity index (χ3v) is 7.93. The molecule has 1 aromatic rings. The zero-order valence-electron chi connectivity index (χ0n) is 18.1. The minimum atomic E-state index is -5.21. The number of rotatable bonds is 8. The molecule has 2 aliphatic rings. The highest BCUT2D eigenvalue weighted by atomic mass is 31.3. The Morgan fingerprint density at radius 2 is 1.85 bits per heavy atom. The Bertz CT molecular complexity index is 1080. The predicted octanol–water partition coefficient (Wildman–Crippen LogP) is -1.43. The second kappa shape index (κ2) is 10.4. The lowest BCUT2D eigenvalue weighted by molar-refractivity contribution is -0.184. The number of aliphatic hydroxyl groups is 2. The number of phosphoric acid groups is 2. The van der Waals surface area contributed by atoms with Crippen LogP contribution in [0.2, 0.25) is 0 Å². The van der Waals surface area contributed by atoms with Gasteiger partial charge in [-0.2, -0.15) is 4.31 Å². The second-order valence-electron chi connectivity index (χ2n) is 7.98. The van der Waals surface area contributed by atoms with Gasteiger partial charge < -0.3 is 35.2 Å². The van der Waals surface area contributed by atoms with E-state index in [4.69, 9.17) is 19.7 Å². The van der Waals surface area contributed by atoms with Gasteiger partial charge in [-0.15, -0.1) is 0 Å². The molecule has 0 saturated carbocycles. The number of ether oxygens (including phenoxy) is 2. The van der Waals surface area contributed by atoms with Crippen molar-refractivity contribution >= 4 is 15.6 Å². The van der Waals surface area contributed by atoms with Gasteiger partial charge in [-0.05, 0) is 13.8 Å². The number of hydrogen-bond acceptors (Lipinski definition) is 12. The fraction of sp³-hybridized carbons (Fsp3) is 0.750. The van der Waals surface area contributed by atoms with Gasteiger partial charge in [0, 0.05) is 24.6 Å². The summed E-state index contributed by atoms with van der Waals surface area (Å²) in [5.41, 5.74) is 4.51. The average Bonchev–Trinajstić information content (AvgIpc) is 3.06. The van der Waals surface area contributed by atoms with Gasteiger partial charge in [0.2, 0.25) is 0 Å². The number of aliphatic hydroxyl groups excluding tert-OH is 2. The van der Waals surface area contributed by atoms with Gasteiger partial charge in [-0.1, -0.05) is 0 Å². The lowest BCUT2D eigenvalue weighted by Gasteiger charge is -2.36. The fourth-order valence-electron chi connectivity index (χ4n) is 3.45. The molecule has 2 fully saturated rings. The van der Waals surface area contributed by atoms with Crippen LogP contribution in [0, 0.1) is 6.92 Å². The molecule has 16 nitrogen and oxygen atoms in total. The van der Waals surface area contributed by atoms with E-state index in [-0.39, 0.29) is 18.4 Å². The van der Waals surface area contributed by atoms with Crippen LogP contribution in [-0.4, -0.2) is 72.9 Å². The van der Waals surface area contributed by atoms with Crippen molar-refractivity contribution in [1.82, 2.24) is 9.55 Å². The molecule has 18 heteroatoms. The maximum absolute atomic E-state index is 12.2. The largest absolute Gasteiger partial charge is 0.483 e. The van der Waals surface area contributed by atoms with Crippen LogP contribution in [0.3, 0.4) is 0 Å². The zero-order valence-corrected chi connectivity index (χ0v) is 19.9. The van der Waals surface area contributed by atoms with Gasteiger partial charge in [-0.3, -0.25) is 23.4 Å². The predicted molar refractivity (Wildman–Crippen MR) is 111 cm³/mol. The minimum Gasteiger partial charge on any atom is -0.391 e. The Balaban J connectivity index is 1.56. The summed E-state index contributed by atoms with van der Waals surface area (Å²) in [4.78, 5) is 45.2. The van der Waals surface area contributed by atoms with E-state index < -0.39 is 76.5 Å². The molecule has 0 aromatic carbocycles. The maximum Gasteiger partial charge on any atom is 0.483 e. The molecule has 34 heavy (non-hydrogen) atoms. The summed E-state index contributed by atoms with van der Waals surface area (Å²) in [7, 11) is -10.4. The van der Waals surface area contributed by atoms with Crippen LogP contribution in [0.4, 0.5) is 0 Å². The molecule has 0 amide bonds. The smallest absolute Gasteiger partial charge is 0.391 e. The van der Waals surface area contributed by atoms with Gasteiger partial charge in [0.05, 0.1) is 31.0 Å². The molecule has 7 N–H and O–H groups in total. The van der Waals surface area contributed by atoms with E-state index in [1.54, 1.807) is 0 Å². The Kier molecular flexibility index (Phi) is 8.35. The standard InChI is InChI=1S/C16H27N3O13P2/c1-7-5-19(16(23)18-15(7)22)12-3-9(20)11(30-12)6-28-33(24,25)32-34(26,27)31-13-4-10(21)14(17)8(2)29-13/h5,8-14,20-21H,3-4,6,17H2,1-2H3,(H,24,25)(H,26,27)(H,18,22,23)/t8-,9+,10-,11-,12-,13-,14-/m1/s1. The first-order chi connectivity index (χ1) is 15.7. The van der Waals surface area contributed by atoms with E-state index in [2.05, 4.69) is 13.8 Å². The fourth-order valence-corrected chi connectivity index (χ4v) is 5.60. The Labute approximate surface area is 192 Å². The van der Waals surface area contributed by atoms with Crippen LogP contribution in [0.1, 0.15) is 31.6 Å². The molecule has 2 unspecified atom stereocenters. The number of H-pyrrole nitrogens is 1. The number of hydrogen-bond donors (Lipinski definition) is 6. The van der Waals surface area contributed by atoms with E-state index in [0.29, 0.717) is 0 Å². The topological polar surface area (TPSA) is 242 Å². The maximum atomic E-state index is 12.2. The summed E-state index contributed by atoms with van der Waals surface area (Å²) >= 11 is 0. The first-order valence-corrected chi connectivity index (χ1v) is 13.1. The van der Waals surface area contributed by atoms with Crippen LogP contribution in [0.25, 0.3) is 0 Å². The van der Waals surface area contributed by atoms with E-state index in [1.165, 1.54) is 20.0 Å². The quantitative estimate of drug-likeness (QED) is 0.211. The van der Waals surface area contributed by atoms with Crippen LogP contribution in [0.5, 0.6) is 0 Å². The zero-order chi connectivity index (χ0) is 25.4. The molecule has 0 spiro atoms. The van der Waals surface area contributed by atoms with Gasteiger partial charge >= 0.3 is 21.3 Å². The summed E-state index contributed by atoms with van der Waals surface area (Å²) < 4.78 is 49.6. The van der Waals surface area contributed by atoms with Crippen LogP contribution < -0.4 is 17.0 Å². The highest BCUT2D eigenvalue weighted by Crippen LogP contribution is 2.61. The monoisotopic (exact) mass is 531 g/mol. The molecule has 3 rings (SSSR count). The molecular weight excluding hydrogens is 504 g/mol. The Morgan fingerprint density at radius 3 is 2.50 bits per heavy atom. The first kappa shape index (κ1) is 27.3. The van der Waals surface area contributed by atoms with E-state index in [1.807, 2.05) is 0 Å². The van der Waals surface area contributed by atoms with E-state index in [0.717, 1.165) is 4.57 Å². The molecule has 1 aromatic heterocycles. The van der Waals surface area contributed by atoms with Gasteiger partial charge in [-0.25, -0.2) is 13.9 Å². The normalized spacial score (nSPS) is 35.6. The number of nitrogens with two attached hydrogens (primary N) is 1. The molecule has 3 heterocycles. The van der Waals surface area contributed by atoms with Crippen molar-refractivity contribution in [2.75, 3.05) is 6.61 Å². The lowest BCUT2D eigenvalue weighted by atomic mass is 10.0. The summed E-state index contributed by atoms with van der Waals surface area (Å²) in [6, 6.07) is -0.760. The van der Waals surface area contributed by atoms with Crippen molar-refractivity contribution in [3.63, 3.8) is 0 Å². The highest BCUT2D eigenvalue weighted by Gasteiger charge is 2.43. The van der Waals surface area contributed by atoms with Crippen molar-refractivity contribution in [3.05, 3.63) is 32.6 Å². The van der Waals surface area contributed by atoms with Gasteiger partial charge in [0.25, 0.3) is 5.56 Å². The number of aryl methyl sites for hydroxylation is 1. The second-order valence-corrected chi connectivity index (χ2v) is 11.0. The number of phosphoric ester groups is 2. The average molecular weight is 531 g/mol. The Hall–Kier alpha value is -1.26. The third-order valence-electron chi connectivity index (χ3n) is 5.31. The number of nitrogens with one attached hydrogen (secondary N) is 1. The molecule has 0 bridgehead atoms. The van der Waals surface area contributed by atoms with E-state index >= 15 is 0 Å². The van der Waals surface area contributed by atoms with Crippen molar-refractivity contribution in [2.45, 2.75) is 69.7 Å². The minimum absolute atomic E-state index is 0.112. The molecule has 2 saturated heterocycles. The third kappa shape index (κ3) is 6.69. The van der Waals surface area contributed by atoms with Crippen LogP contribution in [-0.2, 0) is 32.0 Å². The van der Waals surface area contributed by atoms with Crippen molar-refractivity contribution in [1.29, 1.82) is 0 Å². The summed E-state index contributed by atoms with van der Waals surface area (Å²) in [6.45, 7) is 2.20. The van der Waals surface area contributed by atoms with E-state index in [9.17, 15) is 38.7 Å². The molecule has 0 radical (unpaired) electrons. The van der Waals surface area contributed by atoms with Gasteiger partial charge in [0.1, 0.15) is 12.3 Å². The first-order valence-electron chi connectivity index (χ1n) is 10.1. The Morgan fingerprint density at radius 1 is 1.18 bits per heavy atom. The molecule has 194 valence electrons. The molecule has 2 aliphatic heterocycles. The van der Waals surface area contributed by atoms with Crippen molar-refractivity contribution < 1.29 is 52.0 Å². The van der Waals surface area contributed by atoms with Crippen molar-refractivity contribution in [2.24, 2.45) is 5.73 Å². The number of aromatic amines is 1. The summed E-state index contributed by atoms with van der Waals surface area (Å²) in [5.74, 6) is 0. The van der Waals surface area contributed by atoms with Crippen LogP contribution >= 0.6 is 15.6 Å². The summed E-state index contributed by atoms with van der Waals surface area (Å²) in [6.07, 6.45) is -5.93. The summed E-state index contributed by atoms with van der Waals surface area (Å²) in [5, 5.41) is 20.0. The molecule has 9 atom stereocenters. The lowest BCUT2D eigenvalue weighted by Crippen LogP contribution is -2.52. The number of aromatic nitrogens is 2. The number of nitrogens with zero attached hydrogens (tertiary/aromatic N) is 1. The van der Waals surface area contributed by atoms with Crippen molar-refractivity contribution in [3.8, 4) is 0 Å². The van der Waals surface area contributed by atoms with Gasteiger partial charge in [0.15, 0.2) is 6.29 Å². The molecule has 0 aliphatic carbocycles. The highest BCUT2D eigenvalue weighted by molar-refractivity contribution is 7.61. The van der Waals surface area contributed by atoms with Crippen LogP contribution in [0.15, 0.2) is 15.8 Å².